The summed E-state index contributed by atoms with van der Waals surface area (Å²) in [6.07, 6.45) is 2.12. The quantitative estimate of drug-likeness (QED) is 0.243. The molecule has 4 rings (SSSR count). The number of ketones is 4. The third-order valence-electron chi connectivity index (χ3n) is 8.59. The van der Waals surface area contributed by atoms with Crippen molar-refractivity contribution in [1.29, 1.82) is 0 Å². The number of primary amides is 1. The van der Waals surface area contributed by atoms with E-state index in [2.05, 4.69) is 6.92 Å². The first-order chi connectivity index (χ1) is 18.4. The zero-order valence-corrected chi connectivity index (χ0v) is 22.3. The predicted molar refractivity (Wildman–Crippen MR) is 137 cm³/mol. The summed E-state index contributed by atoms with van der Waals surface area (Å²) < 4.78 is 5.93. The number of aromatic hydroxyl groups is 1. The van der Waals surface area contributed by atoms with Crippen molar-refractivity contribution in [2.24, 2.45) is 29.4 Å². The minimum Gasteiger partial charge on any atom is -0.507 e. The van der Waals surface area contributed by atoms with E-state index < -0.39 is 76.4 Å². The maximum absolute atomic E-state index is 14.0. The second-order valence-corrected chi connectivity index (χ2v) is 11.1. The lowest BCUT2D eigenvalue weighted by molar-refractivity contribution is -0.197. The van der Waals surface area contributed by atoms with Crippen LogP contribution in [0, 0.1) is 23.7 Å². The van der Waals surface area contributed by atoms with Crippen molar-refractivity contribution in [3.8, 4) is 5.75 Å². The lowest BCUT2D eigenvalue weighted by Crippen LogP contribution is -2.77. The van der Waals surface area contributed by atoms with E-state index in [-0.39, 0.29) is 17.9 Å². The summed E-state index contributed by atoms with van der Waals surface area (Å²) in [5.74, 6) is -13.6. The number of fused-ring (bicyclic) bond motifs is 3. The van der Waals surface area contributed by atoms with Crippen LogP contribution in [0.2, 0.25) is 0 Å². The number of ether oxygens (including phenoxy) is 1. The van der Waals surface area contributed by atoms with Crippen LogP contribution < -0.4 is 5.73 Å². The summed E-state index contributed by atoms with van der Waals surface area (Å²) in [6, 6.07) is 3.02. The molecule has 11 heteroatoms. The van der Waals surface area contributed by atoms with Crippen LogP contribution in [-0.4, -0.2) is 94.3 Å². The van der Waals surface area contributed by atoms with Crippen LogP contribution in [0.4, 0.5) is 0 Å². The van der Waals surface area contributed by atoms with Crippen LogP contribution in [0.1, 0.15) is 54.4 Å². The van der Waals surface area contributed by atoms with Crippen molar-refractivity contribution in [2.75, 3.05) is 27.3 Å². The van der Waals surface area contributed by atoms with Crippen molar-refractivity contribution < 1.29 is 44.0 Å². The fraction of sp³-hybridized carbons (Fsp3) is 0.607. The van der Waals surface area contributed by atoms with E-state index in [1.165, 1.54) is 31.1 Å². The van der Waals surface area contributed by atoms with Crippen LogP contribution in [0.3, 0.4) is 0 Å². The highest BCUT2D eigenvalue weighted by molar-refractivity contribution is 6.32. The molecule has 11 nitrogen and oxygen atoms in total. The fourth-order valence-corrected chi connectivity index (χ4v) is 6.81. The van der Waals surface area contributed by atoms with E-state index in [0.29, 0.717) is 12.2 Å². The van der Waals surface area contributed by atoms with E-state index in [1.807, 2.05) is 0 Å². The molecule has 39 heavy (non-hydrogen) atoms. The first-order valence-electron chi connectivity index (χ1n) is 13.3. The third-order valence-corrected chi connectivity index (χ3v) is 8.59. The van der Waals surface area contributed by atoms with Gasteiger partial charge in [0.15, 0.2) is 34.7 Å². The number of nitrogens with zero attached hydrogens (tertiary/aromatic N) is 1. The number of phenols is 1. The van der Waals surface area contributed by atoms with Gasteiger partial charge >= 0.3 is 0 Å². The Kier molecular flexibility index (Phi) is 8.09. The van der Waals surface area contributed by atoms with Crippen molar-refractivity contribution in [2.45, 2.75) is 56.3 Å². The molecule has 0 spiro atoms. The molecule has 3 aliphatic carbocycles. The average Bonchev–Trinajstić information content (AvgIpc) is 2.87. The first-order valence-corrected chi connectivity index (χ1v) is 13.3. The Morgan fingerprint density at radius 3 is 2.41 bits per heavy atom. The minimum absolute atomic E-state index is 0.00898. The Hall–Kier alpha value is -2.99. The lowest BCUT2D eigenvalue weighted by atomic mass is 9.49. The molecule has 3 aliphatic rings. The van der Waals surface area contributed by atoms with Gasteiger partial charge in [0.05, 0.1) is 36.2 Å². The number of hydrogen-bond donors (Lipinski definition) is 4. The molecule has 0 bridgehead atoms. The Balaban J connectivity index is 1.83. The summed E-state index contributed by atoms with van der Waals surface area (Å²) in [4.78, 5) is 67.9. The molecule has 3 unspecified atom stereocenters. The number of hydrogen-bond acceptors (Lipinski definition) is 10. The summed E-state index contributed by atoms with van der Waals surface area (Å²) in [7, 11) is 2.91. The van der Waals surface area contributed by atoms with Gasteiger partial charge in [-0.1, -0.05) is 38.3 Å². The van der Waals surface area contributed by atoms with Gasteiger partial charge in [0.1, 0.15) is 5.75 Å². The van der Waals surface area contributed by atoms with Gasteiger partial charge in [0.25, 0.3) is 0 Å². The maximum atomic E-state index is 14.0. The standard InChI is InChI=1S/C28H36N2O9/c1-4-5-6-7-11-39-12-14-13-9-8-10-15(31)16(13)22(32)18-17(14)23(33)20-21(30(2)3)24(34)19(27(29)37)26(36)28(20,38)25(18)35/h8-10,14,17-21,23,31,33,38H,4-7,11-12H2,1-3H3,(H2,29,37)/t14-,17+,18?,19?,20+,21?,23-,28-/m0/s1. The van der Waals surface area contributed by atoms with E-state index in [0.717, 1.165) is 25.7 Å². The van der Waals surface area contributed by atoms with Gasteiger partial charge in [0.2, 0.25) is 5.91 Å². The highest BCUT2D eigenvalue weighted by Gasteiger charge is 2.73. The van der Waals surface area contributed by atoms with Gasteiger partial charge in [-0.15, -0.1) is 0 Å². The van der Waals surface area contributed by atoms with Gasteiger partial charge in [0, 0.05) is 18.4 Å². The van der Waals surface area contributed by atoms with Gasteiger partial charge in [-0.05, 0) is 32.1 Å². The number of amides is 1. The molecule has 1 aromatic carbocycles. The van der Waals surface area contributed by atoms with Crippen LogP contribution in [0.5, 0.6) is 5.75 Å². The monoisotopic (exact) mass is 544 g/mol. The molecule has 0 heterocycles. The molecular formula is C28H36N2O9. The molecule has 1 amide bonds. The normalized spacial score (nSPS) is 34.1. The molecule has 2 saturated carbocycles. The smallest absolute Gasteiger partial charge is 0.235 e. The third kappa shape index (κ3) is 4.41. The fourth-order valence-electron chi connectivity index (χ4n) is 6.81. The molecule has 0 aromatic heterocycles. The molecule has 1 aromatic rings. The number of benzene rings is 1. The number of likely N-dealkylation sites (N-methyl/N-ethyl adjacent to an activating group) is 1. The molecule has 2 fully saturated rings. The number of unbranched alkanes of at least 4 members (excludes halogenated alkanes) is 3. The molecule has 0 saturated heterocycles. The van der Waals surface area contributed by atoms with E-state index >= 15 is 0 Å². The van der Waals surface area contributed by atoms with Crippen molar-refractivity contribution >= 4 is 29.0 Å². The molecule has 0 radical (unpaired) electrons. The highest BCUT2D eigenvalue weighted by Crippen LogP contribution is 2.54. The highest BCUT2D eigenvalue weighted by atomic mass is 16.5. The van der Waals surface area contributed by atoms with Crippen molar-refractivity contribution in [3.63, 3.8) is 0 Å². The number of carbonyl (C=O) groups is 5. The van der Waals surface area contributed by atoms with E-state index in [1.54, 1.807) is 6.07 Å². The van der Waals surface area contributed by atoms with Crippen LogP contribution in [-0.2, 0) is 23.9 Å². The van der Waals surface area contributed by atoms with Gasteiger partial charge < -0.3 is 25.8 Å². The van der Waals surface area contributed by atoms with Crippen LogP contribution in [0.15, 0.2) is 18.2 Å². The van der Waals surface area contributed by atoms with Gasteiger partial charge in [-0.25, -0.2) is 0 Å². The first kappa shape index (κ1) is 29.0. The average molecular weight is 545 g/mol. The van der Waals surface area contributed by atoms with E-state index in [4.69, 9.17) is 10.5 Å². The van der Waals surface area contributed by atoms with Crippen LogP contribution >= 0.6 is 0 Å². The second kappa shape index (κ2) is 10.9. The molecule has 8 atom stereocenters. The number of rotatable bonds is 9. The number of aliphatic hydroxyl groups excluding tert-OH is 1. The Labute approximate surface area is 226 Å². The topological polar surface area (TPSA) is 185 Å². The van der Waals surface area contributed by atoms with Crippen molar-refractivity contribution in [3.05, 3.63) is 29.3 Å². The molecular weight excluding hydrogens is 508 g/mol. The van der Waals surface area contributed by atoms with Gasteiger partial charge in [-0.3, -0.25) is 28.9 Å². The number of nitrogens with two attached hydrogens (primary N) is 1. The number of phenolic OH excluding ortho intramolecular Hbond substituents is 1. The van der Waals surface area contributed by atoms with Crippen molar-refractivity contribution in [1.82, 2.24) is 4.90 Å². The SMILES string of the molecule is CCCCCCOC[C@H]1c2cccc(O)c2C(=O)C2C(=O)[C@]3(O)C(=O)C(C(N)=O)C(=O)C(N(C)C)[C@@H]3[C@@H](O)[C@@H]21. The summed E-state index contributed by atoms with van der Waals surface area (Å²) in [5.41, 5.74) is 2.54. The zero-order valence-electron chi connectivity index (χ0n) is 22.3. The van der Waals surface area contributed by atoms with Gasteiger partial charge in [-0.2, -0.15) is 0 Å². The van der Waals surface area contributed by atoms with E-state index in [9.17, 15) is 39.3 Å². The predicted octanol–water partition coefficient (Wildman–Crippen LogP) is -0.0242. The second-order valence-electron chi connectivity index (χ2n) is 11.1. The van der Waals surface area contributed by atoms with Crippen LogP contribution in [0.25, 0.3) is 0 Å². The minimum atomic E-state index is -3.02. The summed E-state index contributed by atoms with van der Waals surface area (Å²) in [5, 5.41) is 34.1. The Bertz CT molecular complexity index is 1200. The molecule has 212 valence electrons. The summed E-state index contributed by atoms with van der Waals surface area (Å²) in [6.45, 7) is 2.47. The zero-order chi connectivity index (χ0) is 28.8. The summed E-state index contributed by atoms with van der Waals surface area (Å²) >= 11 is 0. The largest absolute Gasteiger partial charge is 0.507 e. The number of Topliss-reactive ketones (excluding diaryl/α,β-unsaturated/α-hetero) is 4. The maximum Gasteiger partial charge on any atom is 0.235 e. The molecule has 0 aliphatic heterocycles. The number of aliphatic hydroxyl groups is 2. The molecule has 5 N–H and O–H groups in total. The lowest BCUT2D eigenvalue weighted by Gasteiger charge is -2.56. The Morgan fingerprint density at radius 2 is 1.79 bits per heavy atom. The number of carbonyl (C=O) groups excluding carboxylic acids is 5. The Morgan fingerprint density at radius 1 is 1.10 bits per heavy atom.